The van der Waals surface area contributed by atoms with Gasteiger partial charge in [-0.25, -0.2) is 0 Å². The molecule has 124 valence electrons. The van der Waals surface area contributed by atoms with Crippen molar-refractivity contribution < 1.29 is 24.2 Å². The number of carbonyl (C=O) groups excluding carboxylic acids is 2. The highest BCUT2D eigenvalue weighted by Gasteiger charge is 2.48. The molecule has 0 saturated carbocycles. The summed E-state index contributed by atoms with van der Waals surface area (Å²) in [6, 6.07) is 0. The van der Waals surface area contributed by atoms with Crippen molar-refractivity contribution in [2.24, 2.45) is 17.8 Å². The van der Waals surface area contributed by atoms with Crippen LogP contribution in [0.3, 0.4) is 0 Å². The zero-order valence-corrected chi connectivity index (χ0v) is 13.8. The zero-order valence-electron chi connectivity index (χ0n) is 13.8. The summed E-state index contributed by atoms with van der Waals surface area (Å²) in [5.74, 6) is -0.363. The molecule has 2 aliphatic rings. The molecule has 5 nitrogen and oxygen atoms in total. The molecule has 22 heavy (non-hydrogen) atoms. The maximum absolute atomic E-state index is 11.7. The molecule has 0 unspecified atom stereocenters. The van der Waals surface area contributed by atoms with Crippen LogP contribution >= 0.6 is 0 Å². The maximum Gasteiger partial charge on any atom is 0.309 e. The predicted molar refractivity (Wildman–Crippen MR) is 80.9 cm³/mol. The average molecular weight is 310 g/mol. The first-order chi connectivity index (χ1) is 10.2. The minimum absolute atomic E-state index is 0.0543. The Morgan fingerprint density at radius 1 is 1.59 bits per heavy atom. The number of carbonyl (C=O) groups is 2. The van der Waals surface area contributed by atoms with Gasteiger partial charge in [-0.15, -0.1) is 0 Å². The number of hydrogen-bond acceptors (Lipinski definition) is 5. The van der Waals surface area contributed by atoms with Crippen molar-refractivity contribution in [3.63, 3.8) is 0 Å². The lowest BCUT2D eigenvalue weighted by atomic mass is 9.71. The third-order valence-corrected chi connectivity index (χ3v) is 4.86. The molecule has 5 atom stereocenters. The van der Waals surface area contributed by atoms with Crippen LogP contribution < -0.4 is 0 Å². The van der Waals surface area contributed by atoms with E-state index >= 15 is 0 Å². The van der Waals surface area contributed by atoms with Crippen LogP contribution in [0.4, 0.5) is 0 Å². The Labute approximate surface area is 131 Å². The summed E-state index contributed by atoms with van der Waals surface area (Å²) in [5, 5.41) is 10.7. The SMILES string of the molecule is CC(=O)OCCC[C@H](C)C1=C[C@@H]2[C@H](C)C(=O)O[C@@H]2C[C@@]1(C)O. The van der Waals surface area contributed by atoms with Crippen LogP contribution in [0.15, 0.2) is 11.6 Å². The van der Waals surface area contributed by atoms with Gasteiger partial charge in [-0.1, -0.05) is 19.9 Å². The van der Waals surface area contributed by atoms with E-state index in [1.54, 1.807) is 6.92 Å². The lowest BCUT2D eigenvalue weighted by Crippen LogP contribution is -2.41. The molecule has 0 radical (unpaired) electrons. The van der Waals surface area contributed by atoms with E-state index in [0.29, 0.717) is 13.0 Å². The summed E-state index contributed by atoms with van der Waals surface area (Å²) >= 11 is 0. The third kappa shape index (κ3) is 3.51. The van der Waals surface area contributed by atoms with Crippen molar-refractivity contribution in [3.8, 4) is 0 Å². The maximum atomic E-state index is 11.7. The van der Waals surface area contributed by atoms with Crippen molar-refractivity contribution in [3.05, 3.63) is 11.6 Å². The van der Waals surface area contributed by atoms with Gasteiger partial charge in [-0.2, -0.15) is 0 Å². The Morgan fingerprint density at radius 2 is 2.27 bits per heavy atom. The third-order valence-electron chi connectivity index (χ3n) is 4.86. The second-order valence-electron chi connectivity index (χ2n) is 6.82. The van der Waals surface area contributed by atoms with Crippen LogP contribution in [0.25, 0.3) is 0 Å². The first-order valence-corrected chi connectivity index (χ1v) is 8.01. The van der Waals surface area contributed by atoms with E-state index in [4.69, 9.17) is 9.47 Å². The molecule has 1 N–H and O–H groups in total. The number of rotatable bonds is 5. The van der Waals surface area contributed by atoms with Gasteiger partial charge in [0, 0.05) is 19.3 Å². The summed E-state index contributed by atoms with van der Waals surface area (Å²) in [5.41, 5.74) is 0.0218. The number of hydrogen-bond donors (Lipinski definition) is 1. The summed E-state index contributed by atoms with van der Waals surface area (Å²) in [4.78, 5) is 22.5. The molecular weight excluding hydrogens is 284 g/mol. The van der Waals surface area contributed by atoms with Gasteiger partial charge in [0.15, 0.2) is 0 Å². The lowest BCUT2D eigenvalue weighted by Gasteiger charge is -2.38. The van der Waals surface area contributed by atoms with Gasteiger partial charge < -0.3 is 14.6 Å². The van der Waals surface area contributed by atoms with Crippen molar-refractivity contribution in [1.82, 2.24) is 0 Å². The molecular formula is C17H26O5. The highest BCUT2D eigenvalue weighted by Crippen LogP contribution is 2.44. The summed E-state index contributed by atoms with van der Waals surface area (Å²) < 4.78 is 10.3. The molecule has 0 aromatic carbocycles. The van der Waals surface area contributed by atoms with Crippen LogP contribution in [0, 0.1) is 17.8 Å². The Balaban J connectivity index is 2.03. The van der Waals surface area contributed by atoms with E-state index < -0.39 is 5.60 Å². The van der Waals surface area contributed by atoms with Gasteiger partial charge in [0.2, 0.25) is 0 Å². The smallest absolute Gasteiger partial charge is 0.309 e. The first-order valence-electron chi connectivity index (χ1n) is 8.01. The molecule has 1 aliphatic carbocycles. The Morgan fingerprint density at radius 3 is 2.91 bits per heavy atom. The zero-order chi connectivity index (χ0) is 16.5. The molecule has 0 aromatic rings. The highest BCUT2D eigenvalue weighted by atomic mass is 16.6. The van der Waals surface area contributed by atoms with Crippen molar-refractivity contribution in [2.45, 2.75) is 58.7 Å². The van der Waals surface area contributed by atoms with Crippen LogP contribution in [0.5, 0.6) is 0 Å². The van der Waals surface area contributed by atoms with Crippen molar-refractivity contribution in [2.75, 3.05) is 6.61 Å². The van der Waals surface area contributed by atoms with Gasteiger partial charge in [-0.05, 0) is 31.3 Å². The van der Waals surface area contributed by atoms with Gasteiger partial charge in [-0.3, -0.25) is 9.59 Å². The highest BCUT2D eigenvalue weighted by molar-refractivity contribution is 5.75. The monoisotopic (exact) mass is 310 g/mol. The van der Waals surface area contributed by atoms with Crippen molar-refractivity contribution >= 4 is 11.9 Å². The fraction of sp³-hybridized carbons (Fsp3) is 0.765. The normalized spacial score (nSPS) is 35.4. The number of fused-ring (bicyclic) bond motifs is 1. The number of ether oxygens (including phenoxy) is 2. The van der Waals surface area contributed by atoms with Gasteiger partial charge in [0.1, 0.15) is 6.10 Å². The minimum Gasteiger partial charge on any atom is -0.466 e. The van der Waals surface area contributed by atoms with E-state index in [0.717, 1.165) is 18.4 Å². The molecule has 2 rings (SSSR count). The Hall–Kier alpha value is -1.36. The van der Waals surface area contributed by atoms with Crippen LogP contribution in [-0.2, 0) is 19.1 Å². The topological polar surface area (TPSA) is 72.8 Å². The van der Waals surface area contributed by atoms with Gasteiger partial charge in [0.25, 0.3) is 0 Å². The summed E-state index contributed by atoms with van der Waals surface area (Å²) in [7, 11) is 0. The van der Waals surface area contributed by atoms with Crippen molar-refractivity contribution in [1.29, 1.82) is 0 Å². The quantitative estimate of drug-likeness (QED) is 0.479. The molecule has 1 aliphatic heterocycles. The second-order valence-corrected chi connectivity index (χ2v) is 6.82. The van der Waals surface area contributed by atoms with Gasteiger partial charge >= 0.3 is 11.9 Å². The Bertz CT molecular complexity index is 479. The molecule has 1 heterocycles. The molecule has 0 amide bonds. The lowest BCUT2D eigenvalue weighted by molar-refractivity contribution is -0.145. The molecule has 0 spiro atoms. The fourth-order valence-corrected chi connectivity index (χ4v) is 3.60. The van der Waals surface area contributed by atoms with E-state index in [1.165, 1.54) is 6.92 Å². The molecule has 1 fully saturated rings. The van der Waals surface area contributed by atoms with E-state index in [-0.39, 0.29) is 35.8 Å². The summed E-state index contributed by atoms with van der Waals surface area (Å²) in [6.07, 6.45) is 3.87. The summed E-state index contributed by atoms with van der Waals surface area (Å²) in [6.45, 7) is 7.54. The molecule has 1 saturated heterocycles. The predicted octanol–water partition coefficient (Wildman–Crippen LogP) is 2.22. The van der Waals surface area contributed by atoms with E-state index in [2.05, 4.69) is 6.92 Å². The standard InChI is InChI=1S/C17H26O5/c1-10(6-5-7-21-12(3)18)14-8-13-11(2)16(19)22-15(13)9-17(14,4)20/h8,10-11,13,15,20H,5-7,9H2,1-4H3/t10-,11-,13+,15+,17+/m0/s1. The van der Waals surface area contributed by atoms with E-state index in [1.807, 2.05) is 13.0 Å². The Kier molecular flexibility index (Phi) is 4.95. The first kappa shape index (κ1) is 17.0. The minimum atomic E-state index is -0.952. The van der Waals surface area contributed by atoms with Crippen LogP contribution in [0.1, 0.15) is 47.0 Å². The second kappa shape index (κ2) is 6.41. The van der Waals surface area contributed by atoms with Gasteiger partial charge in [0.05, 0.1) is 18.1 Å². The molecule has 0 bridgehead atoms. The van der Waals surface area contributed by atoms with Crippen LogP contribution in [-0.4, -0.2) is 35.4 Å². The molecule has 5 heteroatoms. The van der Waals surface area contributed by atoms with Crippen LogP contribution in [0.2, 0.25) is 0 Å². The molecule has 0 aromatic heterocycles. The fourth-order valence-electron chi connectivity index (χ4n) is 3.60. The van der Waals surface area contributed by atoms with E-state index in [9.17, 15) is 14.7 Å². The number of aliphatic hydroxyl groups is 1. The largest absolute Gasteiger partial charge is 0.466 e. The number of esters is 2. The average Bonchev–Trinajstić information content (AvgIpc) is 2.67.